The van der Waals surface area contributed by atoms with E-state index < -0.39 is 0 Å². The van der Waals surface area contributed by atoms with Crippen LogP contribution in [-0.2, 0) is 0 Å². The number of rotatable bonds is 1. The molecule has 0 radical (unpaired) electrons. The maximum atomic E-state index is 5.99. The summed E-state index contributed by atoms with van der Waals surface area (Å²) in [4.78, 5) is 8.62. The van der Waals surface area contributed by atoms with Crippen molar-refractivity contribution in [2.45, 2.75) is 6.92 Å². The summed E-state index contributed by atoms with van der Waals surface area (Å²) in [6, 6.07) is 0. The van der Waals surface area contributed by atoms with Crippen LogP contribution in [0.3, 0.4) is 0 Å². The summed E-state index contributed by atoms with van der Waals surface area (Å²) in [6.45, 7) is 1.85. The van der Waals surface area contributed by atoms with E-state index in [1.54, 1.807) is 17.1 Å². The second kappa shape index (κ2) is 3.82. The van der Waals surface area contributed by atoms with Crippen molar-refractivity contribution in [3.05, 3.63) is 40.1 Å². The molecule has 5 nitrogen and oxygen atoms in total. The summed E-state index contributed by atoms with van der Waals surface area (Å²) in [5.41, 5.74) is 1.49. The van der Waals surface area contributed by atoms with E-state index in [4.69, 9.17) is 11.6 Å². The first-order chi connectivity index (χ1) is 8.15. The minimum absolute atomic E-state index is 0.608. The Hall–Kier alpha value is -1.40. The predicted molar refractivity (Wildman–Crippen MR) is 67.6 cm³/mol. The van der Waals surface area contributed by atoms with Gasteiger partial charge in [0, 0.05) is 18.6 Å². The highest BCUT2D eigenvalue weighted by molar-refractivity contribution is 9.10. The molecule has 7 heteroatoms. The Labute approximate surface area is 110 Å². The molecule has 86 valence electrons. The molecule has 0 bridgehead atoms. The van der Waals surface area contributed by atoms with Gasteiger partial charge in [0.05, 0.1) is 16.9 Å². The van der Waals surface area contributed by atoms with Crippen LogP contribution in [0.15, 0.2) is 29.4 Å². The Bertz CT molecular complexity index is 682. The predicted octanol–water partition coefficient (Wildman–Crippen LogP) is 2.64. The molecule has 3 heterocycles. The normalized spacial score (nSPS) is 11.2. The van der Waals surface area contributed by atoms with Crippen LogP contribution in [0.25, 0.3) is 11.5 Å². The highest BCUT2D eigenvalue weighted by atomic mass is 79.9. The molecule has 0 aromatic carbocycles. The minimum atomic E-state index is 0.608. The van der Waals surface area contributed by atoms with Gasteiger partial charge in [-0.1, -0.05) is 11.6 Å². The summed E-state index contributed by atoms with van der Waals surface area (Å²) in [5, 5.41) is 4.91. The molecule has 0 atom stereocenters. The van der Waals surface area contributed by atoms with E-state index in [2.05, 4.69) is 31.0 Å². The summed E-state index contributed by atoms with van der Waals surface area (Å²) in [6.07, 6.45) is 7.12. The first-order valence-corrected chi connectivity index (χ1v) is 6.03. The molecule has 0 spiro atoms. The third-order valence-corrected chi connectivity index (χ3v) is 3.14. The molecule has 3 aromatic heterocycles. The molecule has 0 amide bonds. The monoisotopic (exact) mass is 311 g/mol. The van der Waals surface area contributed by atoms with Crippen LogP contribution < -0.4 is 0 Å². The third kappa shape index (κ3) is 1.73. The molecule has 3 aromatic rings. The van der Waals surface area contributed by atoms with Gasteiger partial charge in [0.15, 0.2) is 11.5 Å². The van der Waals surface area contributed by atoms with Crippen LogP contribution in [0.4, 0.5) is 0 Å². The first kappa shape index (κ1) is 10.7. The zero-order valence-electron chi connectivity index (χ0n) is 8.80. The number of imidazole rings is 1. The second-order valence-corrected chi connectivity index (χ2v) is 4.77. The van der Waals surface area contributed by atoms with Gasteiger partial charge in [0.2, 0.25) is 0 Å². The molecule has 0 aliphatic rings. The molecule has 0 aliphatic heterocycles. The Morgan fingerprint density at radius 2 is 2.18 bits per heavy atom. The topological polar surface area (TPSA) is 48.0 Å². The van der Waals surface area contributed by atoms with Gasteiger partial charge in [-0.15, -0.1) is 0 Å². The molecule has 0 N–H and O–H groups in total. The van der Waals surface area contributed by atoms with Crippen LogP contribution in [-0.4, -0.2) is 24.1 Å². The summed E-state index contributed by atoms with van der Waals surface area (Å²) >= 11 is 9.35. The van der Waals surface area contributed by atoms with Gasteiger partial charge in [-0.2, -0.15) is 5.10 Å². The lowest BCUT2D eigenvalue weighted by atomic mass is 10.5. The van der Waals surface area contributed by atoms with E-state index in [0.29, 0.717) is 15.4 Å². The molecule has 0 fully saturated rings. The van der Waals surface area contributed by atoms with Crippen LogP contribution in [0.2, 0.25) is 5.02 Å². The van der Waals surface area contributed by atoms with Crippen LogP contribution in [0, 0.1) is 6.92 Å². The van der Waals surface area contributed by atoms with Gasteiger partial charge in [0.1, 0.15) is 4.60 Å². The smallest absolute Gasteiger partial charge is 0.198 e. The van der Waals surface area contributed by atoms with Crippen molar-refractivity contribution in [1.82, 2.24) is 24.1 Å². The second-order valence-electron chi connectivity index (χ2n) is 3.55. The lowest BCUT2D eigenvalue weighted by Crippen LogP contribution is -2.03. The zero-order valence-corrected chi connectivity index (χ0v) is 11.1. The van der Waals surface area contributed by atoms with Crippen molar-refractivity contribution < 1.29 is 0 Å². The molecule has 0 saturated heterocycles. The average Bonchev–Trinajstić information content (AvgIpc) is 2.85. The number of hydrogen-bond donors (Lipinski definition) is 0. The Morgan fingerprint density at radius 3 is 2.88 bits per heavy atom. The Morgan fingerprint density at radius 1 is 1.35 bits per heavy atom. The fourth-order valence-electron chi connectivity index (χ4n) is 1.59. The van der Waals surface area contributed by atoms with Gasteiger partial charge < -0.3 is 4.40 Å². The van der Waals surface area contributed by atoms with Crippen molar-refractivity contribution in [2.24, 2.45) is 0 Å². The Kier molecular flexibility index (Phi) is 2.41. The summed E-state index contributed by atoms with van der Waals surface area (Å²) in [7, 11) is 0. The lowest BCUT2D eigenvalue weighted by Gasteiger charge is -2.03. The highest BCUT2D eigenvalue weighted by Crippen LogP contribution is 2.19. The lowest BCUT2D eigenvalue weighted by molar-refractivity contribution is 0.824. The summed E-state index contributed by atoms with van der Waals surface area (Å²) in [5.74, 6) is 0.638. The van der Waals surface area contributed by atoms with Crippen molar-refractivity contribution in [3.63, 3.8) is 0 Å². The van der Waals surface area contributed by atoms with E-state index in [1.807, 2.05) is 23.7 Å². The van der Waals surface area contributed by atoms with E-state index in [9.17, 15) is 0 Å². The average molecular weight is 313 g/mol. The van der Waals surface area contributed by atoms with E-state index in [1.165, 1.54) is 0 Å². The van der Waals surface area contributed by atoms with Crippen molar-refractivity contribution in [3.8, 4) is 5.82 Å². The fraction of sp³-hybridized carbons (Fsp3) is 0.100. The SMILES string of the molecule is Cc1nn(-c2nc(Br)cn3ccnc23)cc1Cl. The highest BCUT2D eigenvalue weighted by Gasteiger charge is 2.11. The first-order valence-electron chi connectivity index (χ1n) is 4.86. The van der Waals surface area contributed by atoms with E-state index in [-0.39, 0.29) is 0 Å². The third-order valence-electron chi connectivity index (χ3n) is 2.38. The van der Waals surface area contributed by atoms with Crippen molar-refractivity contribution in [2.75, 3.05) is 0 Å². The van der Waals surface area contributed by atoms with Crippen molar-refractivity contribution in [1.29, 1.82) is 0 Å². The molecule has 0 aliphatic carbocycles. The molecule has 0 unspecified atom stereocenters. The van der Waals surface area contributed by atoms with Gasteiger partial charge in [-0.25, -0.2) is 14.6 Å². The summed E-state index contributed by atoms with van der Waals surface area (Å²) < 4.78 is 4.21. The maximum Gasteiger partial charge on any atom is 0.198 e. The van der Waals surface area contributed by atoms with Crippen molar-refractivity contribution >= 4 is 33.2 Å². The molecule has 3 rings (SSSR count). The Balaban J connectivity index is 2.32. The van der Waals surface area contributed by atoms with Crippen LogP contribution >= 0.6 is 27.5 Å². The molecule has 0 saturated carbocycles. The van der Waals surface area contributed by atoms with Gasteiger partial charge in [-0.3, -0.25) is 0 Å². The largest absolute Gasteiger partial charge is 0.301 e. The van der Waals surface area contributed by atoms with Gasteiger partial charge >= 0.3 is 0 Å². The number of halogens is 2. The zero-order chi connectivity index (χ0) is 12.0. The fourth-order valence-corrected chi connectivity index (χ4v) is 2.11. The van der Waals surface area contributed by atoms with Gasteiger partial charge in [-0.05, 0) is 22.9 Å². The molecular formula is C10H7BrClN5. The number of hydrogen-bond acceptors (Lipinski definition) is 3. The number of fused-ring (bicyclic) bond motifs is 1. The quantitative estimate of drug-likeness (QED) is 0.694. The number of nitrogens with zero attached hydrogens (tertiary/aromatic N) is 5. The number of aryl methyl sites for hydroxylation is 1. The van der Waals surface area contributed by atoms with E-state index in [0.717, 1.165) is 11.3 Å². The van der Waals surface area contributed by atoms with E-state index >= 15 is 0 Å². The standard InChI is InChI=1S/C10H7BrClN5/c1-6-7(12)4-17(15-6)10-9-13-2-3-16(9)5-8(11)14-10/h2-5H,1H3. The van der Waals surface area contributed by atoms with Crippen LogP contribution in [0.1, 0.15) is 5.69 Å². The maximum absolute atomic E-state index is 5.99. The molecular weight excluding hydrogens is 306 g/mol. The van der Waals surface area contributed by atoms with Crippen LogP contribution in [0.5, 0.6) is 0 Å². The number of aromatic nitrogens is 5. The minimum Gasteiger partial charge on any atom is -0.301 e. The molecule has 17 heavy (non-hydrogen) atoms. The van der Waals surface area contributed by atoms with Gasteiger partial charge in [0.25, 0.3) is 0 Å².